The average Bonchev–Trinajstić information content (AvgIpc) is 2.84. The number of rotatable bonds is 6. The number of anilines is 1. The van der Waals surface area contributed by atoms with E-state index in [1.54, 1.807) is 36.4 Å². The fourth-order valence-electron chi connectivity index (χ4n) is 4.48. The van der Waals surface area contributed by atoms with Crippen molar-refractivity contribution in [1.29, 1.82) is 0 Å². The quantitative estimate of drug-likeness (QED) is 0.613. The minimum Gasteiger partial charge on any atom is -0.484 e. The first kappa shape index (κ1) is 23.9. The Morgan fingerprint density at radius 2 is 1.70 bits per heavy atom. The molecule has 2 fully saturated rings. The number of nitrogens with zero attached hydrogens (tertiary/aromatic N) is 1. The molecule has 0 bridgehead atoms. The molecule has 2 heterocycles. The Hall–Kier alpha value is -2.28. The Kier molecular flexibility index (Phi) is 7.78. The van der Waals surface area contributed by atoms with Crippen LogP contribution in [0.2, 0.25) is 10.0 Å². The number of nitrogens with one attached hydrogen (secondary N) is 1. The monoisotopic (exact) mass is 490 g/mol. The standard InChI is InChI=1S/C25H28Cl2N2O4/c26-18-4-9-21(22(27)16-18)25(10-14-32-15-11-25)24(31)28-19-5-7-20(8-6-19)33-17-23(30)29-12-2-1-3-13-29/h4-9,16H,1-3,10-15,17H2,(H,28,31). The van der Waals surface area contributed by atoms with Crippen LogP contribution in [0.15, 0.2) is 42.5 Å². The van der Waals surface area contributed by atoms with Crippen LogP contribution in [-0.2, 0) is 19.7 Å². The number of piperidine rings is 1. The minimum absolute atomic E-state index is 0.00776. The van der Waals surface area contributed by atoms with E-state index in [1.165, 1.54) is 6.42 Å². The molecule has 2 aliphatic rings. The summed E-state index contributed by atoms with van der Waals surface area (Å²) < 4.78 is 11.2. The van der Waals surface area contributed by atoms with Crippen molar-refractivity contribution < 1.29 is 19.1 Å². The highest BCUT2D eigenvalue weighted by atomic mass is 35.5. The summed E-state index contributed by atoms with van der Waals surface area (Å²) in [5.41, 5.74) is 0.604. The van der Waals surface area contributed by atoms with E-state index in [-0.39, 0.29) is 18.4 Å². The van der Waals surface area contributed by atoms with E-state index in [0.29, 0.717) is 47.5 Å². The van der Waals surface area contributed by atoms with E-state index in [9.17, 15) is 9.59 Å². The second-order valence-electron chi connectivity index (χ2n) is 8.53. The van der Waals surface area contributed by atoms with Crippen LogP contribution in [0.1, 0.15) is 37.7 Å². The van der Waals surface area contributed by atoms with E-state index in [1.807, 2.05) is 11.0 Å². The topological polar surface area (TPSA) is 67.9 Å². The molecule has 0 spiro atoms. The molecule has 4 rings (SSSR count). The summed E-state index contributed by atoms with van der Waals surface area (Å²) in [4.78, 5) is 27.6. The van der Waals surface area contributed by atoms with Crippen LogP contribution in [0.25, 0.3) is 0 Å². The van der Waals surface area contributed by atoms with E-state index in [4.69, 9.17) is 32.7 Å². The van der Waals surface area contributed by atoms with Crippen molar-refractivity contribution in [2.24, 2.45) is 0 Å². The Morgan fingerprint density at radius 1 is 1.00 bits per heavy atom. The summed E-state index contributed by atoms with van der Waals surface area (Å²) in [6, 6.07) is 12.3. The molecule has 2 aliphatic heterocycles. The van der Waals surface area contributed by atoms with Crippen LogP contribution in [0.5, 0.6) is 5.75 Å². The zero-order chi connectivity index (χ0) is 23.3. The van der Waals surface area contributed by atoms with Crippen molar-refractivity contribution in [3.05, 3.63) is 58.1 Å². The van der Waals surface area contributed by atoms with Crippen molar-refractivity contribution >= 4 is 40.7 Å². The van der Waals surface area contributed by atoms with Crippen LogP contribution in [-0.4, -0.2) is 49.6 Å². The van der Waals surface area contributed by atoms with E-state index < -0.39 is 5.41 Å². The lowest BCUT2D eigenvalue weighted by atomic mass is 9.73. The molecular formula is C25H28Cl2N2O4. The van der Waals surface area contributed by atoms with Gasteiger partial charge in [0.25, 0.3) is 5.91 Å². The van der Waals surface area contributed by atoms with Gasteiger partial charge in [-0.3, -0.25) is 9.59 Å². The number of hydrogen-bond donors (Lipinski definition) is 1. The highest BCUT2D eigenvalue weighted by Gasteiger charge is 2.43. The molecule has 6 nitrogen and oxygen atoms in total. The average molecular weight is 491 g/mol. The molecular weight excluding hydrogens is 463 g/mol. The molecule has 2 saturated heterocycles. The van der Waals surface area contributed by atoms with E-state index >= 15 is 0 Å². The lowest BCUT2D eigenvalue weighted by Gasteiger charge is -2.36. The third kappa shape index (κ3) is 5.62. The Balaban J connectivity index is 1.41. The number of carbonyl (C=O) groups is 2. The molecule has 0 atom stereocenters. The molecule has 2 aromatic rings. The van der Waals surface area contributed by atoms with E-state index in [0.717, 1.165) is 31.5 Å². The fourth-order valence-corrected chi connectivity index (χ4v) is 5.07. The molecule has 176 valence electrons. The summed E-state index contributed by atoms with van der Waals surface area (Å²) in [5, 5.41) is 4.02. The maximum absolute atomic E-state index is 13.5. The number of halogens is 2. The molecule has 2 amide bonds. The molecule has 33 heavy (non-hydrogen) atoms. The van der Waals surface area contributed by atoms with Gasteiger partial charge < -0.3 is 19.7 Å². The van der Waals surface area contributed by atoms with Crippen molar-refractivity contribution in [2.45, 2.75) is 37.5 Å². The first-order valence-electron chi connectivity index (χ1n) is 11.3. The summed E-state index contributed by atoms with van der Waals surface area (Å²) in [6.07, 6.45) is 4.33. The zero-order valence-corrected chi connectivity index (χ0v) is 20.0. The van der Waals surface area contributed by atoms with Crippen molar-refractivity contribution in [3.63, 3.8) is 0 Å². The van der Waals surface area contributed by atoms with Gasteiger partial charge in [-0.1, -0.05) is 29.3 Å². The highest BCUT2D eigenvalue weighted by molar-refractivity contribution is 6.35. The van der Waals surface area contributed by atoms with Crippen molar-refractivity contribution in [1.82, 2.24) is 4.90 Å². The molecule has 0 unspecified atom stereocenters. The highest BCUT2D eigenvalue weighted by Crippen LogP contribution is 2.40. The van der Waals surface area contributed by atoms with Gasteiger partial charge >= 0.3 is 0 Å². The van der Waals surface area contributed by atoms with Crippen LogP contribution < -0.4 is 10.1 Å². The second kappa shape index (κ2) is 10.8. The Morgan fingerprint density at radius 3 is 2.36 bits per heavy atom. The smallest absolute Gasteiger partial charge is 0.260 e. The predicted molar refractivity (Wildman–Crippen MR) is 129 cm³/mol. The first-order chi connectivity index (χ1) is 16.0. The van der Waals surface area contributed by atoms with Crippen molar-refractivity contribution in [3.8, 4) is 5.75 Å². The fraction of sp³-hybridized carbons (Fsp3) is 0.440. The van der Waals surface area contributed by atoms with Crippen molar-refractivity contribution in [2.75, 3.05) is 38.2 Å². The molecule has 8 heteroatoms. The van der Waals surface area contributed by atoms with Gasteiger partial charge in [-0.2, -0.15) is 0 Å². The summed E-state index contributed by atoms with van der Waals surface area (Å²) in [5.74, 6) is 0.456. The summed E-state index contributed by atoms with van der Waals surface area (Å²) in [6.45, 7) is 2.58. The maximum Gasteiger partial charge on any atom is 0.260 e. The Bertz CT molecular complexity index is 984. The second-order valence-corrected chi connectivity index (χ2v) is 9.37. The van der Waals surface area contributed by atoms with Gasteiger partial charge in [-0.25, -0.2) is 0 Å². The molecule has 1 N–H and O–H groups in total. The third-order valence-electron chi connectivity index (χ3n) is 6.41. The molecule has 2 aromatic carbocycles. The number of amides is 2. The van der Waals surface area contributed by atoms with Gasteiger partial charge in [-0.05, 0) is 74.1 Å². The molecule has 0 aromatic heterocycles. The largest absolute Gasteiger partial charge is 0.484 e. The number of benzene rings is 2. The zero-order valence-electron chi connectivity index (χ0n) is 18.4. The minimum atomic E-state index is -0.796. The van der Waals surface area contributed by atoms with Crippen LogP contribution in [0.4, 0.5) is 5.69 Å². The lowest BCUT2D eigenvalue weighted by Crippen LogP contribution is -2.45. The van der Waals surface area contributed by atoms with Gasteiger partial charge in [0.2, 0.25) is 5.91 Å². The predicted octanol–water partition coefficient (Wildman–Crippen LogP) is 5.07. The number of hydrogen-bond acceptors (Lipinski definition) is 4. The summed E-state index contributed by atoms with van der Waals surface area (Å²) in [7, 11) is 0. The number of ether oxygens (including phenoxy) is 2. The SMILES string of the molecule is O=C(COc1ccc(NC(=O)C2(c3ccc(Cl)cc3Cl)CCOCC2)cc1)N1CCCCC1. The molecule has 0 saturated carbocycles. The van der Waals surface area contributed by atoms with Gasteiger partial charge in [0.15, 0.2) is 6.61 Å². The first-order valence-corrected chi connectivity index (χ1v) is 12.1. The van der Waals surface area contributed by atoms with Gasteiger partial charge in [-0.15, -0.1) is 0 Å². The Labute approximate surface area is 204 Å². The lowest BCUT2D eigenvalue weighted by molar-refractivity contribution is -0.134. The number of carbonyl (C=O) groups excluding carboxylic acids is 2. The number of likely N-dealkylation sites (tertiary alicyclic amines) is 1. The van der Waals surface area contributed by atoms with Gasteiger partial charge in [0, 0.05) is 42.0 Å². The molecule has 0 radical (unpaired) electrons. The van der Waals surface area contributed by atoms with Crippen LogP contribution in [0.3, 0.4) is 0 Å². The van der Waals surface area contributed by atoms with Gasteiger partial charge in [0.05, 0.1) is 5.41 Å². The molecule has 0 aliphatic carbocycles. The maximum atomic E-state index is 13.5. The third-order valence-corrected chi connectivity index (χ3v) is 6.96. The van der Waals surface area contributed by atoms with Gasteiger partial charge in [0.1, 0.15) is 5.75 Å². The normalized spacial score (nSPS) is 17.9. The van der Waals surface area contributed by atoms with E-state index in [2.05, 4.69) is 5.32 Å². The van der Waals surface area contributed by atoms with Crippen LogP contribution in [0, 0.1) is 0 Å². The van der Waals surface area contributed by atoms with Crippen LogP contribution >= 0.6 is 23.2 Å². The summed E-state index contributed by atoms with van der Waals surface area (Å²) >= 11 is 12.6.